The third-order valence-corrected chi connectivity index (χ3v) is 3.20. The fourth-order valence-electron chi connectivity index (χ4n) is 1.96. The summed E-state index contributed by atoms with van der Waals surface area (Å²) in [5.74, 6) is -1.29. The van der Waals surface area contributed by atoms with Gasteiger partial charge in [-0.3, -0.25) is 4.79 Å². The van der Waals surface area contributed by atoms with E-state index in [0.717, 1.165) is 0 Å². The van der Waals surface area contributed by atoms with Crippen LogP contribution in [0.3, 0.4) is 0 Å². The van der Waals surface area contributed by atoms with Gasteiger partial charge in [0.1, 0.15) is 11.6 Å². The second kappa shape index (κ2) is 7.81. The number of amides is 2. The summed E-state index contributed by atoms with van der Waals surface area (Å²) in [7, 11) is 1.63. The number of hydrogen-bond acceptors (Lipinski definition) is 4. The van der Waals surface area contributed by atoms with Crippen molar-refractivity contribution in [2.45, 2.75) is 45.8 Å². The van der Waals surface area contributed by atoms with Gasteiger partial charge in [-0.25, -0.2) is 9.59 Å². The van der Waals surface area contributed by atoms with E-state index in [4.69, 9.17) is 4.74 Å². The Morgan fingerprint density at radius 1 is 1.29 bits per heavy atom. The summed E-state index contributed by atoms with van der Waals surface area (Å²) >= 11 is 0. The van der Waals surface area contributed by atoms with Crippen molar-refractivity contribution in [2.24, 2.45) is 0 Å². The van der Waals surface area contributed by atoms with Gasteiger partial charge in [-0.05, 0) is 38.5 Å². The largest absolute Gasteiger partial charge is 0.480 e. The zero-order valence-corrected chi connectivity index (χ0v) is 14.6. The van der Waals surface area contributed by atoms with Crippen molar-refractivity contribution in [1.29, 1.82) is 0 Å². The van der Waals surface area contributed by atoms with Crippen LogP contribution in [-0.2, 0) is 20.7 Å². The number of ether oxygens (including phenoxy) is 1. The molecule has 0 aliphatic heterocycles. The summed E-state index contributed by atoms with van der Waals surface area (Å²) in [5.41, 5.74) is 0.627. The van der Waals surface area contributed by atoms with Crippen LogP contribution in [0.1, 0.15) is 33.3 Å². The van der Waals surface area contributed by atoms with Gasteiger partial charge in [-0.15, -0.1) is 0 Å². The van der Waals surface area contributed by atoms with Gasteiger partial charge in [0, 0.05) is 26.1 Å². The molecule has 0 aliphatic carbocycles. The summed E-state index contributed by atoms with van der Waals surface area (Å²) in [6.45, 7) is 6.53. The zero-order chi connectivity index (χ0) is 18.5. The molecule has 0 heterocycles. The Morgan fingerprint density at radius 3 is 2.42 bits per heavy atom. The monoisotopic (exact) mass is 336 g/mol. The molecule has 0 fully saturated rings. The number of carboxylic acids is 1. The highest BCUT2D eigenvalue weighted by Crippen LogP contribution is 2.16. The number of carbonyl (C=O) groups excluding carboxylic acids is 2. The predicted octanol–water partition coefficient (Wildman–Crippen LogP) is 2.19. The van der Waals surface area contributed by atoms with E-state index in [9.17, 15) is 19.5 Å². The molecule has 0 saturated carbocycles. The number of aliphatic carboxylic acids is 1. The Bertz CT molecular complexity index is 622. The first-order chi connectivity index (χ1) is 11.0. The highest BCUT2D eigenvalue weighted by Gasteiger charge is 2.24. The minimum absolute atomic E-state index is 0.0775. The minimum atomic E-state index is -1.16. The molecular formula is C17H24N2O5. The number of nitrogens with one attached hydrogen (secondary N) is 1. The van der Waals surface area contributed by atoms with E-state index in [0.29, 0.717) is 11.3 Å². The molecule has 0 spiro atoms. The molecule has 0 saturated heterocycles. The molecule has 1 aromatic rings. The number of rotatable bonds is 5. The average Bonchev–Trinajstić information content (AvgIpc) is 2.43. The maximum Gasteiger partial charge on any atom is 0.408 e. The highest BCUT2D eigenvalue weighted by molar-refractivity contribution is 5.91. The summed E-state index contributed by atoms with van der Waals surface area (Å²) in [6.07, 6.45) is -0.708. The number of hydrogen-bond donors (Lipinski definition) is 2. The normalized spacial score (nSPS) is 12.2. The van der Waals surface area contributed by atoms with Gasteiger partial charge in [-0.1, -0.05) is 12.1 Å². The molecule has 0 aromatic heterocycles. The molecule has 1 aromatic carbocycles. The van der Waals surface area contributed by atoms with Crippen molar-refractivity contribution in [1.82, 2.24) is 5.32 Å². The number of benzene rings is 1. The lowest BCUT2D eigenvalue weighted by molar-refractivity contribution is -0.139. The molecule has 2 N–H and O–H groups in total. The molecule has 1 rings (SSSR count). The molecule has 0 radical (unpaired) electrons. The van der Waals surface area contributed by atoms with E-state index in [-0.39, 0.29) is 12.3 Å². The Morgan fingerprint density at radius 2 is 1.92 bits per heavy atom. The molecule has 132 valence electrons. The number of nitrogens with zero attached hydrogens (tertiary/aromatic N) is 1. The third-order valence-electron chi connectivity index (χ3n) is 3.20. The Kier molecular flexibility index (Phi) is 6.34. The topological polar surface area (TPSA) is 95.9 Å². The predicted molar refractivity (Wildman–Crippen MR) is 90.0 cm³/mol. The van der Waals surface area contributed by atoms with Crippen LogP contribution in [0.2, 0.25) is 0 Å². The average molecular weight is 336 g/mol. The van der Waals surface area contributed by atoms with E-state index in [1.54, 1.807) is 52.1 Å². The summed E-state index contributed by atoms with van der Waals surface area (Å²) < 4.78 is 5.08. The fraction of sp³-hybridized carbons (Fsp3) is 0.471. The Balaban J connectivity index is 2.86. The Labute approximate surface area is 141 Å². The maximum absolute atomic E-state index is 11.8. The van der Waals surface area contributed by atoms with Crippen LogP contribution in [0, 0.1) is 0 Å². The van der Waals surface area contributed by atoms with Crippen molar-refractivity contribution >= 4 is 23.7 Å². The lowest BCUT2D eigenvalue weighted by Crippen LogP contribution is -2.44. The van der Waals surface area contributed by atoms with Crippen LogP contribution in [-0.4, -0.2) is 41.8 Å². The van der Waals surface area contributed by atoms with Crippen molar-refractivity contribution < 1.29 is 24.2 Å². The fourth-order valence-corrected chi connectivity index (χ4v) is 1.96. The van der Waals surface area contributed by atoms with E-state index >= 15 is 0 Å². The lowest BCUT2D eigenvalue weighted by Gasteiger charge is -2.22. The van der Waals surface area contributed by atoms with Crippen LogP contribution in [0.15, 0.2) is 24.3 Å². The van der Waals surface area contributed by atoms with Gasteiger partial charge in [0.15, 0.2) is 0 Å². The second-order valence-corrected chi connectivity index (χ2v) is 6.49. The number of carboxylic acid groups (broad SMARTS) is 1. The van der Waals surface area contributed by atoms with Gasteiger partial charge in [0.25, 0.3) is 0 Å². The van der Waals surface area contributed by atoms with Gasteiger partial charge >= 0.3 is 12.1 Å². The Hall–Kier alpha value is -2.57. The lowest BCUT2D eigenvalue weighted by atomic mass is 10.1. The smallest absolute Gasteiger partial charge is 0.408 e. The van der Waals surface area contributed by atoms with E-state index in [2.05, 4.69) is 5.32 Å². The van der Waals surface area contributed by atoms with E-state index in [1.165, 1.54) is 11.8 Å². The molecule has 1 atom stereocenters. The summed E-state index contributed by atoms with van der Waals surface area (Å²) in [4.78, 5) is 36.1. The molecule has 24 heavy (non-hydrogen) atoms. The van der Waals surface area contributed by atoms with Crippen LogP contribution >= 0.6 is 0 Å². The van der Waals surface area contributed by atoms with Crippen molar-refractivity contribution in [3.63, 3.8) is 0 Å². The summed E-state index contributed by atoms with van der Waals surface area (Å²) in [6, 6.07) is 5.81. The van der Waals surface area contributed by atoms with Crippen LogP contribution in [0.4, 0.5) is 10.5 Å². The van der Waals surface area contributed by atoms with Crippen molar-refractivity contribution in [3.05, 3.63) is 29.8 Å². The molecular weight excluding hydrogens is 312 g/mol. The van der Waals surface area contributed by atoms with Gasteiger partial charge in [0.2, 0.25) is 5.91 Å². The third kappa shape index (κ3) is 6.28. The van der Waals surface area contributed by atoms with Crippen LogP contribution < -0.4 is 10.2 Å². The first-order valence-electron chi connectivity index (χ1n) is 7.55. The molecule has 7 heteroatoms. The number of carbonyl (C=O) groups is 3. The molecule has 1 unspecified atom stereocenters. The van der Waals surface area contributed by atoms with Crippen molar-refractivity contribution in [2.75, 3.05) is 11.9 Å². The van der Waals surface area contributed by atoms with E-state index in [1.807, 2.05) is 0 Å². The first-order valence-corrected chi connectivity index (χ1v) is 7.55. The quantitative estimate of drug-likeness (QED) is 0.859. The molecule has 0 bridgehead atoms. The van der Waals surface area contributed by atoms with Gasteiger partial charge in [-0.2, -0.15) is 0 Å². The van der Waals surface area contributed by atoms with Gasteiger partial charge in [0.05, 0.1) is 0 Å². The molecule has 7 nitrogen and oxygen atoms in total. The first kappa shape index (κ1) is 19.5. The van der Waals surface area contributed by atoms with Crippen LogP contribution in [0.5, 0.6) is 0 Å². The van der Waals surface area contributed by atoms with E-state index < -0.39 is 23.7 Å². The van der Waals surface area contributed by atoms with Crippen molar-refractivity contribution in [3.8, 4) is 0 Å². The second-order valence-electron chi connectivity index (χ2n) is 6.49. The van der Waals surface area contributed by atoms with Crippen LogP contribution in [0.25, 0.3) is 0 Å². The van der Waals surface area contributed by atoms with Gasteiger partial charge < -0.3 is 20.1 Å². The SMILES string of the molecule is CC(=O)N(C)c1cccc(CC(NC(=O)OC(C)(C)C)C(=O)O)c1. The summed E-state index contributed by atoms with van der Waals surface area (Å²) in [5, 5.41) is 11.7. The molecule has 2 amide bonds. The minimum Gasteiger partial charge on any atom is -0.480 e. The number of anilines is 1. The maximum atomic E-state index is 11.8. The number of alkyl carbamates (subject to hydrolysis) is 1. The standard InChI is InChI=1S/C17H24N2O5/c1-11(20)19(5)13-8-6-7-12(9-13)10-14(15(21)22)18-16(23)24-17(2,3)4/h6-9,14H,10H2,1-5H3,(H,18,23)(H,21,22). The zero-order valence-electron chi connectivity index (χ0n) is 14.6. The molecule has 0 aliphatic rings. The highest BCUT2D eigenvalue weighted by atomic mass is 16.6.